The Hall–Kier alpha value is -1.42. The Labute approximate surface area is 79.0 Å². The highest BCUT2D eigenvalue weighted by Gasteiger charge is 2.20. The maximum atomic E-state index is 10.5. The van der Waals surface area contributed by atoms with Crippen molar-refractivity contribution >= 4 is 23.4 Å². The molecule has 4 nitrogen and oxygen atoms in total. The number of hydrogen-bond donors (Lipinski definition) is 0. The van der Waals surface area contributed by atoms with E-state index in [1.54, 1.807) is 6.08 Å². The molecule has 13 heavy (non-hydrogen) atoms. The van der Waals surface area contributed by atoms with Gasteiger partial charge in [0, 0.05) is 12.0 Å². The lowest BCUT2D eigenvalue weighted by atomic mass is 10.2. The van der Waals surface area contributed by atoms with Crippen LogP contribution in [0.1, 0.15) is 11.3 Å². The lowest BCUT2D eigenvalue weighted by Crippen LogP contribution is -1.95. The zero-order chi connectivity index (χ0) is 9.42. The van der Waals surface area contributed by atoms with E-state index < -0.39 is 4.92 Å². The molecule has 0 amide bonds. The molecule has 1 aromatic heterocycles. The zero-order valence-corrected chi connectivity index (χ0v) is 7.28. The number of allylic oxidation sites excluding steroid dienone is 1. The number of rotatable bonds is 1. The summed E-state index contributed by atoms with van der Waals surface area (Å²) in [5.41, 5.74) is 1.35. The van der Waals surface area contributed by atoms with E-state index in [2.05, 4.69) is 4.98 Å². The predicted molar refractivity (Wildman–Crippen MR) is 48.6 cm³/mol. The van der Waals surface area contributed by atoms with Crippen LogP contribution in [0.15, 0.2) is 12.3 Å². The first-order valence-corrected chi connectivity index (χ1v) is 4.06. The molecular formula is C8H5ClN2O2. The third-order valence-corrected chi connectivity index (χ3v) is 2.30. The summed E-state index contributed by atoms with van der Waals surface area (Å²) < 4.78 is 0. The molecule has 0 radical (unpaired) electrons. The fraction of sp³-hybridized carbons (Fsp3) is 0.125. The number of nitrogens with zero attached hydrogens (tertiary/aromatic N) is 2. The summed E-state index contributed by atoms with van der Waals surface area (Å²) in [7, 11) is 0. The average molecular weight is 197 g/mol. The molecular weight excluding hydrogens is 192 g/mol. The van der Waals surface area contributed by atoms with E-state index in [0.717, 1.165) is 5.69 Å². The largest absolute Gasteiger partial charge is 0.306 e. The Bertz CT molecular complexity index is 415. The molecule has 0 spiro atoms. The smallest absolute Gasteiger partial charge is 0.258 e. The van der Waals surface area contributed by atoms with Gasteiger partial charge in [-0.1, -0.05) is 23.8 Å². The highest BCUT2D eigenvalue weighted by Crippen LogP contribution is 2.32. The monoisotopic (exact) mass is 196 g/mol. The van der Waals surface area contributed by atoms with Crippen LogP contribution in [0.4, 0.5) is 5.69 Å². The van der Waals surface area contributed by atoms with Crippen LogP contribution in [-0.2, 0) is 6.42 Å². The second kappa shape index (κ2) is 2.81. The van der Waals surface area contributed by atoms with Crippen molar-refractivity contribution in [2.45, 2.75) is 6.42 Å². The molecule has 0 aliphatic heterocycles. The second-order valence-electron chi connectivity index (χ2n) is 2.68. The van der Waals surface area contributed by atoms with Gasteiger partial charge in [-0.25, -0.2) is 0 Å². The summed E-state index contributed by atoms with van der Waals surface area (Å²) in [6.07, 6.45) is 5.55. The maximum Gasteiger partial charge on any atom is 0.306 e. The molecule has 1 aliphatic rings. The Morgan fingerprint density at radius 1 is 1.62 bits per heavy atom. The third kappa shape index (κ3) is 1.19. The van der Waals surface area contributed by atoms with Crippen LogP contribution in [0.3, 0.4) is 0 Å². The van der Waals surface area contributed by atoms with Crippen molar-refractivity contribution in [3.63, 3.8) is 0 Å². The molecule has 0 bridgehead atoms. The van der Waals surface area contributed by atoms with Gasteiger partial charge in [0.1, 0.15) is 11.2 Å². The van der Waals surface area contributed by atoms with E-state index >= 15 is 0 Å². The molecule has 0 aromatic carbocycles. The number of pyridine rings is 1. The van der Waals surface area contributed by atoms with Crippen molar-refractivity contribution in [3.05, 3.63) is 38.7 Å². The van der Waals surface area contributed by atoms with E-state index in [4.69, 9.17) is 11.6 Å². The van der Waals surface area contributed by atoms with E-state index in [1.165, 1.54) is 6.20 Å². The predicted octanol–water partition coefficient (Wildman–Crippen LogP) is 2.21. The van der Waals surface area contributed by atoms with Gasteiger partial charge in [-0.05, 0) is 0 Å². The van der Waals surface area contributed by atoms with Crippen LogP contribution < -0.4 is 0 Å². The van der Waals surface area contributed by atoms with Crippen LogP contribution >= 0.6 is 11.6 Å². The normalized spacial score (nSPS) is 13.0. The summed E-state index contributed by atoms with van der Waals surface area (Å²) in [6.45, 7) is 0. The molecule has 1 heterocycles. The minimum atomic E-state index is -0.526. The minimum Gasteiger partial charge on any atom is -0.258 e. The molecule has 0 unspecified atom stereocenters. The molecule has 0 atom stereocenters. The first-order valence-electron chi connectivity index (χ1n) is 3.68. The number of halogens is 1. The molecule has 0 saturated heterocycles. The van der Waals surface area contributed by atoms with Gasteiger partial charge < -0.3 is 0 Å². The quantitative estimate of drug-likeness (QED) is 0.511. The molecule has 0 N–H and O–H groups in total. The number of nitro groups is 1. The van der Waals surface area contributed by atoms with Gasteiger partial charge in [0.2, 0.25) is 0 Å². The van der Waals surface area contributed by atoms with Gasteiger partial charge in [-0.15, -0.1) is 0 Å². The summed E-state index contributed by atoms with van der Waals surface area (Å²) in [6, 6.07) is 0. The van der Waals surface area contributed by atoms with Crippen molar-refractivity contribution in [3.8, 4) is 0 Å². The van der Waals surface area contributed by atoms with Crippen LogP contribution in [0.25, 0.3) is 6.08 Å². The highest BCUT2D eigenvalue weighted by atomic mass is 35.5. The molecule has 2 rings (SSSR count). The Morgan fingerprint density at radius 3 is 3.08 bits per heavy atom. The van der Waals surface area contributed by atoms with Crippen LogP contribution in [0.5, 0.6) is 0 Å². The fourth-order valence-corrected chi connectivity index (χ4v) is 1.57. The van der Waals surface area contributed by atoms with E-state index in [1.807, 2.05) is 6.08 Å². The first-order chi connectivity index (χ1) is 6.20. The van der Waals surface area contributed by atoms with E-state index in [-0.39, 0.29) is 10.7 Å². The Morgan fingerprint density at radius 2 is 2.38 bits per heavy atom. The van der Waals surface area contributed by atoms with E-state index in [0.29, 0.717) is 12.0 Å². The van der Waals surface area contributed by atoms with Gasteiger partial charge in [-0.2, -0.15) is 0 Å². The average Bonchev–Trinajstić information content (AvgIpc) is 2.52. The minimum absolute atomic E-state index is 0.132. The van der Waals surface area contributed by atoms with Crippen LogP contribution in [0, 0.1) is 10.1 Å². The lowest BCUT2D eigenvalue weighted by molar-refractivity contribution is -0.385. The summed E-state index contributed by atoms with van der Waals surface area (Å²) >= 11 is 5.82. The molecule has 1 aliphatic carbocycles. The Balaban J connectivity index is 2.64. The number of hydrogen-bond acceptors (Lipinski definition) is 3. The van der Waals surface area contributed by atoms with Crippen molar-refractivity contribution in [2.75, 3.05) is 0 Å². The highest BCUT2D eigenvalue weighted by molar-refractivity contribution is 6.34. The van der Waals surface area contributed by atoms with Gasteiger partial charge in [-0.3, -0.25) is 15.1 Å². The molecule has 0 fully saturated rings. The van der Waals surface area contributed by atoms with Crippen molar-refractivity contribution in [1.82, 2.24) is 4.98 Å². The first kappa shape index (κ1) is 8.19. The van der Waals surface area contributed by atoms with Crippen molar-refractivity contribution in [1.29, 1.82) is 0 Å². The zero-order valence-electron chi connectivity index (χ0n) is 6.53. The van der Waals surface area contributed by atoms with Crippen molar-refractivity contribution < 1.29 is 4.92 Å². The van der Waals surface area contributed by atoms with Crippen LogP contribution in [-0.4, -0.2) is 9.91 Å². The van der Waals surface area contributed by atoms with E-state index in [9.17, 15) is 10.1 Å². The standard InChI is InChI=1S/C8H5ClN2O2/c9-8-5-2-1-3-6(5)10-4-7(8)11(12)13/h1-2,4H,3H2. The van der Waals surface area contributed by atoms with Crippen LogP contribution in [0.2, 0.25) is 5.02 Å². The molecule has 5 heteroatoms. The summed E-state index contributed by atoms with van der Waals surface area (Å²) in [4.78, 5) is 13.9. The van der Waals surface area contributed by atoms with Gasteiger partial charge >= 0.3 is 5.69 Å². The Kier molecular flexibility index (Phi) is 1.77. The number of aromatic nitrogens is 1. The lowest BCUT2D eigenvalue weighted by Gasteiger charge is -2.00. The number of fused-ring (bicyclic) bond motifs is 1. The fourth-order valence-electron chi connectivity index (χ4n) is 1.28. The maximum absolute atomic E-state index is 10.5. The van der Waals surface area contributed by atoms with Gasteiger partial charge in [0.25, 0.3) is 0 Å². The third-order valence-electron chi connectivity index (χ3n) is 1.91. The van der Waals surface area contributed by atoms with Gasteiger partial charge in [0.15, 0.2) is 0 Å². The SMILES string of the molecule is O=[N+]([O-])c1cnc2c(c1Cl)C=CC2. The summed E-state index contributed by atoms with van der Waals surface area (Å²) in [5.74, 6) is 0. The molecule has 1 aromatic rings. The molecule has 0 saturated carbocycles. The second-order valence-corrected chi connectivity index (χ2v) is 3.06. The molecule has 66 valence electrons. The van der Waals surface area contributed by atoms with Gasteiger partial charge in [0.05, 0.1) is 10.6 Å². The topological polar surface area (TPSA) is 56.0 Å². The van der Waals surface area contributed by atoms with Crippen molar-refractivity contribution in [2.24, 2.45) is 0 Å². The summed E-state index contributed by atoms with van der Waals surface area (Å²) in [5, 5.41) is 10.7.